The molecule has 2 aromatic rings. The molecular formula is C23H25ClF3N3O3. The number of nitrogens with one attached hydrogen (secondary N) is 1. The van der Waals surface area contributed by atoms with Gasteiger partial charge in [-0.05, 0) is 37.2 Å². The van der Waals surface area contributed by atoms with Gasteiger partial charge in [0.15, 0.2) is 11.5 Å². The number of carbonyl (C=O) groups is 1. The van der Waals surface area contributed by atoms with Crippen LogP contribution in [0.15, 0.2) is 36.4 Å². The maximum Gasteiger partial charge on any atom is 0.416 e. The van der Waals surface area contributed by atoms with Gasteiger partial charge in [-0.25, -0.2) is 0 Å². The minimum atomic E-state index is -4.33. The lowest BCUT2D eigenvalue weighted by Crippen LogP contribution is -2.36. The molecule has 6 nitrogen and oxygen atoms in total. The number of carbonyl (C=O) groups excluding carboxylic acids is 1. The molecular weight excluding hydrogens is 459 g/mol. The lowest BCUT2D eigenvalue weighted by molar-refractivity contribution is -0.137. The number of rotatable bonds is 5. The molecule has 0 radical (unpaired) electrons. The Kier molecular flexibility index (Phi) is 7.31. The van der Waals surface area contributed by atoms with Crippen LogP contribution < -0.4 is 14.8 Å². The number of anilines is 1. The zero-order chi connectivity index (χ0) is 23.4. The van der Waals surface area contributed by atoms with Crippen LogP contribution in [0.2, 0.25) is 5.02 Å². The lowest BCUT2D eigenvalue weighted by atomic mass is 10.1. The summed E-state index contributed by atoms with van der Waals surface area (Å²) in [4.78, 5) is 16.9. The molecule has 0 aromatic heterocycles. The first-order valence-corrected chi connectivity index (χ1v) is 11.2. The number of hydrogen-bond donors (Lipinski definition) is 1. The van der Waals surface area contributed by atoms with Crippen LogP contribution in [-0.4, -0.2) is 61.6 Å². The van der Waals surface area contributed by atoms with E-state index in [2.05, 4.69) is 15.1 Å². The average Bonchev–Trinajstić information content (AvgIpc) is 2.99. The van der Waals surface area contributed by atoms with E-state index in [0.717, 1.165) is 43.8 Å². The van der Waals surface area contributed by atoms with Crippen molar-refractivity contribution in [3.63, 3.8) is 0 Å². The first-order chi connectivity index (χ1) is 15.8. The van der Waals surface area contributed by atoms with E-state index in [9.17, 15) is 18.0 Å². The van der Waals surface area contributed by atoms with Gasteiger partial charge >= 0.3 is 6.18 Å². The van der Waals surface area contributed by atoms with Crippen molar-refractivity contribution in [1.82, 2.24) is 9.80 Å². The number of halogens is 4. The van der Waals surface area contributed by atoms with Gasteiger partial charge in [-0.1, -0.05) is 23.7 Å². The smallest absolute Gasteiger partial charge is 0.416 e. The number of alkyl halides is 3. The third kappa shape index (κ3) is 6.31. The van der Waals surface area contributed by atoms with Crippen molar-refractivity contribution in [1.29, 1.82) is 0 Å². The van der Waals surface area contributed by atoms with Crippen LogP contribution in [-0.2, 0) is 17.5 Å². The molecule has 1 amide bonds. The van der Waals surface area contributed by atoms with E-state index in [0.29, 0.717) is 48.5 Å². The highest BCUT2D eigenvalue weighted by molar-refractivity contribution is 6.34. The van der Waals surface area contributed by atoms with Crippen molar-refractivity contribution < 1.29 is 27.4 Å². The fourth-order valence-corrected chi connectivity index (χ4v) is 4.15. The number of hydrogen-bond acceptors (Lipinski definition) is 5. The summed E-state index contributed by atoms with van der Waals surface area (Å²) < 4.78 is 49.3. The average molecular weight is 484 g/mol. The SMILES string of the molecule is O=C(CN1CCCN(Cc2ccc(C(F)(F)F)cc2)CC1)Nc1cc2c(cc1Cl)OCCO2. The molecule has 2 aromatic carbocycles. The van der Waals surface area contributed by atoms with E-state index < -0.39 is 11.7 Å². The quantitative estimate of drug-likeness (QED) is 0.688. The van der Waals surface area contributed by atoms with Crippen LogP contribution in [0.25, 0.3) is 0 Å². The summed E-state index contributed by atoms with van der Waals surface area (Å²) in [6.45, 7) is 4.67. The Hall–Kier alpha value is -2.49. The molecule has 0 saturated carbocycles. The summed E-state index contributed by atoms with van der Waals surface area (Å²) in [5.41, 5.74) is 0.671. The van der Waals surface area contributed by atoms with Crippen LogP contribution >= 0.6 is 11.6 Å². The highest BCUT2D eigenvalue weighted by Gasteiger charge is 2.30. The highest BCUT2D eigenvalue weighted by Crippen LogP contribution is 2.38. The Morgan fingerprint density at radius 3 is 2.30 bits per heavy atom. The Labute approximate surface area is 195 Å². The number of nitrogens with zero attached hydrogens (tertiary/aromatic N) is 2. The monoisotopic (exact) mass is 483 g/mol. The minimum absolute atomic E-state index is 0.176. The molecule has 0 aliphatic carbocycles. The zero-order valence-corrected chi connectivity index (χ0v) is 18.7. The molecule has 33 heavy (non-hydrogen) atoms. The maximum absolute atomic E-state index is 12.7. The van der Waals surface area contributed by atoms with E-state index in [-0.39, 0.29) is 12.5 Å². The predicted octanol–water partition coefficient (Wildman–Crippen LogP) is 4.28. The second-order valence-corrected chi connectivity index (χ2v) is 8.53. The maximum atomic E-state index is 12.7. The first-order valence-electron chi connectivity index (χ1n) is 10.8. The molecule has 0 spiro atoms. The predicted molar refractivity (Wildman–Crippen MR) is 119 cm³/mol. The van der Waals surface area contributed by atoms with E-state index in [4.69, 9.17) is 21.1 Å². The summed E-state index contributed by atoms with van der Waals surface area (Å²) in [6.07, 6.45) is -3.47. The molecule has 2 aliphatic rings. The molecule has 1 saturated heterocycles. The molecule has 178 valence electrons. The van der Waals surface area contributed by atoms with Crippen LogP contribution in [0, 0.1) is 0 Å². The van der Waals surface area contributed by atoms with Gasteiger partial charge < -0.3 is 14.8 Å². The molecule has 4 rings (SSSR count). The fraction of sp³-hybridized carbons (Fsp3) is 0.435. The van der Waals surface area contributed by atoms with E-state index >= 15 is 0 Å². The highest BCUT2D eigenvalue weighted by atomic mass is 35.5. The van der Waals surface area contributed by atoms with Gasteiger partial charge in [-0.2, -0.15) is 13.2 Å². The Morgan fingerprint density at radius 2 is 1.61 bits per heavy atom. The minimum Gasteiger partial charge on any atom is -0.486 e. The van der Waals surface area contributed by atoms with E-state index in [1.54, 1.807) is 12.1 Å². The third-order valence-corrected chi connectivity index (χ3v) is 5.95. The fourth-order valence-electron chi connectivity index (χ4n) is 3.95. The van der Waals surface area contributed by atoms with E-state index in [1.165, 1.54) is 12.1 Å². The van der Waals surface area contributed by atoms with Gasteiger partial charge in [0.2, 0.25) is 5.91 Å². The Morgan fingerprint density at radius 1 is 0.970 bits per heavy atom. The number of benzene rings is 2. The van der Waals surface area contributed by atoms with Crippen molar-refractivity contribution in [2.75, 3.05) is 51.3 Å². The normalized spacial score (nSPS) is 17.5. The lowest BCUT2D eigenvalue weighted by Gasteiger charge is -2.22. The van der Waals surface area contributed by atoms with Gasteiger partial charge in [0, 0.05) is 31.8 Å². The van der Waals surface area contributed by atoms with E-state index in [1.807, 2.05) is 0 Å². The molecule has 10 heteroatoms. The molecule has 0 unspecified atom stereocenters. The molecule has 1 fully saturated rings. The molecule has 2 heterocycles. The molecule has 2 aliphatic heterocycles. The summed E-state index contributed by atoms with van der Waals surface area (Å²) in [5.74, 6) is 0.935. The van der Waals surface area contributed by atoms with Crippen molar-refractivity contribution >= 4 is 23.2 Å². The Balaban J connectivity index is 1.28. The largest absolute Gasteiger partial charge is 0.486 e. The van der Waals surface area contributed by atoms with Gasteiger partial charge in [-0.3, -0.25) is 14.6 Å². The Bertz CT molecular complexity index is 985. The summed E-state index contributed by atoms with van der Waals surface area (Å²) in [7, 11) is 0. The summed E-state index contributed by atoms with van der Waals surface area (Å²) >= 11 is 6.27. The number of ether oxygens (including phenoxy) is 2. The second kappa shape index (κ2) is 10.2. The van der Waals surface area contributed by atoms with Gasteiger partial charge in [-0.15, -0.1) is 0 Å². The van der Waals surface area contributed by atoms with Crippen molar-refractivity contribution in [2.24, 2.45) is 0 Å². The standard InChI is InChI=1S/C23H25ClF3N3O3/c24-18-12-20-21(33-11-10-32-20)13-19(18)28-22(31)15-30-7-1-6-29(8-9-30)14-16-2-4-17(5-3-16)23(25,26)27/h2-5,12-13H,1,6-11,14-15H2,(H,28,31). The van der Waals surface area contributed by atoms with Crippen LogP contribution in [0.1, 0.15) is 17.5 Å². The summed E-state index contributed by atoms with van der Waals surface area (Å²) in [6, 6.07) is 8.59. The molecule has 0 bridgehead atoms. The van der Waals surface area contributed by atoms with Crippen LogP contribution in [0.5, 0.6) is 11.5 Å². The third-order valence-electron chi connectivity index (χ3n) is 5.64. The number of fused-ring (bicyclic) bond motifs is 1. The zero-order valence-electron chi connectivity index (χ0n) is 18.0. The van der Waals surface area contributed by atoms with Crippen LogP contribution in [0.4, 0.5) is 18.9 Å². The number of amides is 1. The van der Waals surface area contributed by atoms with Crippen molar-refractivity contribution in [3.8, 4) is 11.5 Å². The van der Waals surface area contributed by atoms with Gasteiger partial charge in [0.25, 0.3) is 0 Å². The van der Waals surface area contributed by atoms with Gasteiger partial charge in [0.05, 0.1) is 22.8 Å². The van der Waals surface area contributed by atoms with Gasteiger partial charge in [0.1, 0.15) is 13.2 Å². The van der Waals surface area contributed by atoms with Crippen molar-refractivity contribution in [3.05, 3.63) is 52.5 Å². The van der Waals surface area contributed by atoms with Crippen molar-refractivity contribution in [2.45, 2.75) is 19.1 Å². The van der Waals surface area contributed by atoms with Crippen LogP contribution in [0.3, 0.4) is 0 Å². The molecule has 1 N–H and O–H groups in total. The second-order valence-electron chi connectivity index (χ2n) is 8.12. The summed E-state index contributed by atoms with van der Waals surface area (Å²) in [5, 5.41) is 3.22. The first kappa shape index (κ1) is 23.7. The topological polar surface area (TPSA) is 54.0 Å². The molecule has 0 atom stereocenters.